The third-order valence-corrected chi connectivity index (χ3v) is 4.21. The van der Waals surface area contributed by atoms with Crippen molar-refractivity contribution >= 4 is 11.4 Å². The Kier molecular flexibility index (Phi) is 5.17. The normalized spacial score (nSPS) is 10.4. The molecule has 2 N–H and O–H groups in total. The molecule has 0 amide bonds. The molecule has 0 spiro atoms. The topological polar surface area (TPSA) is 24.1 Å². The van der Waals surface area contributed by atoms with E-state index in [1.165, 1.54) is 22.3 Å². The zero-order chi connectivity index (χ0) is 16.8. The standard InChI is InChI=1S/C22H24N2/c1-3-9-19-12-7-8-13-21(19)23-24-22-16-20(15-14-17(22)2)18-10-5-4-6-11-18/h4-8,10-16,23-24H,3,9H2,1-2H3. The van der Waals surface area contributed by atoms with Crippen LogP contribution in [0.4, 0.5) is 11.4 Å². The van der Waals surface area contributed by atoms with Gasteiger partial charge in [0.05, 0.1) is 11.4 Å². The molecule has 0 fully saturated rings. The highest BCUT2D eigenvalue weighted by Crippen LogP contribution is 2.26. The Balaban J connectivity index is 1.81. The molecular formula is C22H24N2. The van der Waals surface area contributed by atoms with Crippen LogP contribution in [-0.4, -0.2) is 0 Å². The minimum Gasteiger partial charge on any atom is -0.301 e. The Hall–Kier alpha value is -2.74. The maximum Gasteiger partial charge on any atom is 0.0575 e. The van der Waals surface area contributed by atoms with Crippen molar-refractivity contribution in [2.45, 2.75) is 26.7 Å². The number of anilines is 2. The monoisotopic (exact) mass is 316 g/mol. The number of hydrogen-bond acceptors (Lipinski definition) is 2. The van der Waals surface area contributed by atoms with E-state index in [0.717, 1.165) is 24.2 Å². The van der Waals surface area contributed by atoms with Gasteiger partial charge in [0.15, 0.2) is 0 Å². The van der Waals surface area contributed by atoms with Crippen LogP contribution in [0.5, 0.6) is 0 Å². The van der Waals surface area contributed by atoms with Gasteiger partial charge >= 0.3 is 0 Å². The Labute approximate surface area is 144 Å². The van der Waals surface area contributed by atoms with E-state index in [0.29, 0.717) is 0 Å². The van der Waals surface area contributed by atoms with Gasteiger partial charge in [-0.15, -0.1) is 0 Å². The van der Waals surface area contributed by atoms with Gasteiger partial charge in [-0.1, -0.05) is 74.0 Å². The van der Waals surface area contributed by atoms with Crippen LogP contribution >= 0.6 is 0 Å². The average Bonchev–Trinajstić information content (AvgIpc) is 2.63. The molecule has 2 nitrogen and oxygen atoms in total. The summed E-state index contributed by atoms with van der Waals surface area (Å²) in [5, 5.41) is 0. The third-order valence-electron chi connectivity index (χ3n) is 4.21. The van der Waals surface area contributed by atoms with Gasteiger partial charge in [0, 0.05) is 0 Å². The predicted molar refractivity (Wildman–Crippen MR) is 104 cm³/mol. The summed E-state index contributed by atoms with van der Waals surface area (Å²) in [5.74, 6) is 0. The van der Waals surface area contributed by atoms with Crippen LogP contribution in [0, 0.1) is 6.92 Å². The molecule has 0 bridgehead atoms. The van der Waals surface area contributed by atoms with Crippen molar-refractivity contribution in [3.63, 3.8) is 0 Å². The quantitative estimate of drug-likeness (QED) is 0.541. The summed E-state index contributed by atoms with van der Waals surface area (Å²) in [6, 6.07) is 25.4. The zero-order valence-corrected chi connectivity index (χ0v) is 14.3. The largest absolute Gasteiger partial charge is 0.301 e. The molecule has 3 rings (SSSR count). The molecule has 0 saturated carbocycles. The van der Waals surface area contributed by atoms with Crippen molar-refractivity contribution in [2.24, 2.45) is 0 Å². The Morgan fingerprint density at radius 1 is 0.708 bits per heavy atom. The molecule has 0 atom stereocenters. The van der Waals surface area contributed by atoms with Crippen LogP contribution in [-0.2, 0) is 6.42 Å². The maximum absolute atomic E-state index is 3.39. The molecule has 3 aromatic carbocycles. The Morgan fingerprint density at radius 2 is 1.42 bits per heavy atom. The lowest BCUT2D eigenvalue weighted by Gasteiger charge is -2.16. The van der Waals surface area contributed by atoms with Crippen molar-refractivity contribution in [3.05, 3.63) is 83.9 Å². The second-order valence-electron chi connectivity index (χ2n) is 6.05. The maximum atomic E-state index is 3.39. The van der Waals surface area contributed by atoms with E-state index in [1.54, 1.807) is 0 Å². The molecule has 122 valence electrons. The van der Waals surface area contributed by atoms with Gasteiger partial charge in [0.1, 0.15) is 0 Å². The molecule has 0 aliphatic carbocycles. The molecule has 0 aromatic heterocycles. The SMILES string of the molecule is CCCc1ccccc1NNc1cc(-c2ccccc2)ccc1C. The first-order valence-electron chi connectivity index (χ1n) is 8.54. The minimum atomic E-state index is 1.08. The van der Waals surface area contributed by atoms with E-state index >= 15 is 0 Å². The Morgan fingerprint density at radius 3 is 2.21 bits per heavy atom. The van der Waals surface area contributed by atoms with Gasteiger partial charge in [-0.3, -0.25) is 0 Å². The number of hydrazine groups is 1. The van der Waals surface area contributed by atoms with Gasteiger partial charge in [0.2, 0.25) is 0 Å². The van der Waals surface area contributed by atoms with E-state index in [1.807, 2.05) is 6.07 Å². The van der Waals surface area contributed by atoms with Gasteiger partial charge in [-0.05, 0) is 47.7 Å². The lowest BCUT2D eigenvalue weighted by atomic mass is 10.0. The van der Waals surface area contributed by atoms with Crippen LogP contribution in [0.1, 0.15) is 24.5 Å². The lowest BCUT2D eigenvalue weighted by Crippen LogP contribution is -2.11. The molecule has 0 unspecified atom stereocenters. The number of benzene rings is 3. The molecule has 0 aliphatic rings. The molecule has 24 heavy (non-hydrogen) atoms. The highest BCUT2D eigenvalue weighted by molar-refractivity contribution is 5.71. The smallest absolute Gasteiger partial charge is 0.0575 e. The van der Waals surface area contributed by atoms with Crippen molar-refractivity contribution in [2.75, 3.05) is 10.9 Å². The first-order chi connectivity index (χ1) is 11.8. The van der Waals surface area contributed by atoms with Crippen LogP contribution in [0.15, 0.2) is 72.8 Å². The van der Waals surface area contributed by atoms with Gasteiger partial charge in [-0.2, -0.15) is 0 Å². The lowest BCUT2D eigenvalue weighted by molar-refractivity contribution is 0.922. The van der Waals surface area contributed by atoms with E-state index in [4.69, 9.17) is 0 Å². The van der Waals surface area contributed by atoms with Gasteiger partial charge in [-0.25, -0.2) is 0 Å². The number of rotatable bonds is 6. The van der Waals surface area contributed by atoms with Crippen molar-refractivity contribution < 1.29 is 0 Å². The minimum absolute atomic E-state index is 1.08. The van der Waals surface area contributed by atoms with Gasteiger partial charge in [0.25, 0.3) is 0 Å². The molecule has 0 radical (unpaired) electrons. The Bertz CT molecular complexity index is 794. The fraction of sp³-hybridized carbons (Fsp3) is 0.182. The van der Waals surface area contributed by atoms with Crippen molar-refractivity contribution in [3.8, 4) is 11.1 Å². The van der Waals surface area contributed by atoms with E-state index in [2.05, 4.69) is 91.4 Å². The highest BCUT2D eigenvalue weighted by Gasteiger charge is 2.04. The van der Waals surface area contributed by atoms with Gasteiger partial charge < -0.3 is 10.9 Å². The number of para-hydroxylation sites is 1. The van der Waals surface area contributed by atoms with E-state index < -0.39 is 0 Å². The molecule has 0 saturated heterocycles. The predicted octanol–water partition coefficient (Wildman–Crippen LogP) is 6.05. The summed E-state index contributed by atoms with van der Waals surface area (Å²) in [5.41, 5.74) is 14.0. The van der Waals surface area contributed by atoms with Crippen molar-refractivity contribution in [1.82, 2.24) is 0 Å². The van der Waals surface area contributed by atoms with Crippen molar-refractivity contribution in [1.29, 1.82) is 0 Å². The summed E-state index contributed by atoms with van der Waals surface area (Å²) < 4.78 is 0. The molecule has 2 heteroatoms. The zero-order valence-electron chi connectivity index (χ0n) is 14.3. The second kappa shape index (κ2) is 7.69. The summed E-state index contributed by atoms with van der Waals surface area (Å²) in [4.78, 5) is 0. The number of aryl methyl sites for hydroxylation is 2. The highest BCUT2D eigenvalue weighted by atomic mass is 15.4. The van der Waals surface area contributed by atoms with Crippen LogP contribution in [0.25, 0.3) is 11.1 Å². The van der Waals surface area contributed by atoms with Crippen LogP contribution in [0.3, 0.4) is 0 Å². The molecule has 0 aliphatic heterocycles. The second-order valence-corrected chi connectivity index (χ2v) is 6.05. The van der Waals surface area contributed by atoms with E-state index in [9.17, 15) is 0 Å². The molecule has 0 heterocycles. The fourth-order valence-corrected chi connectivity index (χ4v) is 2.83. The van der Waals surface area contributed by atoms with E-state index in [-0.39, 0.29) is 0 Å². The molecular weight excluding hydrogens is 292 g/mol. The summed E-state index contributed by atoms with van der Waals surface area (Å²) in [7, 11) is 0. The fourth-order valence-electron chi connectivity index (χ4n) is 2.83. The number of hydrogen-bond donors (Lipinski definition) is 2. The average molecular weight is 316 g/mol. The van der Waals surface area contributed by atoms with Crippen LogP contribution in [0.2, 0.25) is 0 Å². The first kappa shape index (κ1) is 16.1. The molecule has 3 aromatic rings. The van der Waals surface area contributed by atoms with Crippen LogP contribution < -0.4 is 10.9 Å². The summed E-state index contributed by atoms with van der Waals surface area (Å²) >= 11 is 0. The first-order valence-corrected chi connectivity index (χ1v) is 8.54. The summed E-state index contributed by atoms with van der Waals surface area (Å²) in [6.45, 7) is 4.33. The third kappa shape index (κ3) is 3.77. The number of nitrogens with one attached hydrogen (secondary N) is 2. The summed E-state index contributed by atoms with van der Waals surface area (Å²) in [6.07, 6.45) is 2.22.